The van der Waals surface area contributed by atoms with Crippen LogP contribution in [-0.4, -0.2) is 21.2 Å². The highest BCUT2D eigenvalue weighted by molar-refractivity contribution is 7.99. The van der Waals surface area contributed by atoms with E-state index in [0.29, 0.717) is 5.75 Å². The summed E-state index contributed by atoms with van der Waals surface area (Å²) in [5.74, 6) is 0.350. The Labute approximate surface area is 171 Å². The molecule has 0 radical (unpaired) electrons. The molecule has 1 N–H and O–H groups in total. The largest absolute Gasteiger partial charge is 0.325 e. The molecule has 0 saturated carbocycles. The maximum atomic E-state index is 12.4. The highest BCUT2D eigenvalue weighted by Crippen LogP contribution is 2.25. The third-order valence-corrected chi connectivity index (χ3v) is 5.95. The number of unbranched alkanes of at least 4 members (excludes halogenated alkanes) is 3. The molecule has 3 aromatic rings. The van der Waals surface area contributed by atoms with E-state index in [4.69, 9.17) is 4.98 Å². The molecule has 3 rings (SSSR count). The minimum Gasteiger partial charge on any atom is -0.325 e. The van der Waals surface area contributed by atoms with Crippen molar-refractivity contribution in [2.24, 2.45) is 0 Å². The van der Waals surface area contributed by atoms with Gasteiger partial charge in [-0.25, -0.2) is 4.98 Å². The number of fused-ring (bicyclic) bond motifs is 1. The zero-order chi connectivity index (χ0) is 19.9. The first kappa shape index (κ1) is 20.5. The van der Waals surface area contributed by atoms with E-state index in [-0.39, 0.29) is 5.91 Å². The van der Waals surface area contributed by atoms with Gasteiger partial charge in [-0.1, -0.05) is 56.1 Å². The standard InChI is InChI=1S/C23H29N3OS/c1-4-5-6-9-14-26-21-11-8-7-10-20(21)25-23(26)28-16-22(27)24-19-13-12-17(2)18(3)15-19/h7-8,10-13,15H,4-6,9,14,16H2,1-3H3,(H,24,27). The second kappa shape index (κ2) is 9.78. The zero-order valence-electron chi connectivity index (χ0n) is 17.0. The average Bonchev–Trinajstić information content (AvgIpc) is 3.04. The number of benzene rings is 2. The summed E-state index contributed by atoms with van der Waals surface area (Å²) >= 11 is 1.51. The first-order chi connectivity index (χ1) is 13.6. The van der Waals surface area contributed by atoms with Gasteiger partial charge >= 0.3 is 0 Å². The lowest BCUT2D eigenvalue weighted by atomic mass is 10.1. The van der Waals surface area contributed by atoms with Crippen molar-refractivity contribution in [3.63, 3.8) is 0 Å². The van der Waals surface area contributed by atoms with Gasteiger partial charge in [0.15, 0.2) is 5.16 Å². The van der Waals surface area contributed by atoms with Crippen LogP contribution in [0.2, 0.25) is 0 Å². The lowest BCUT2D eigenvalue weighted by molar-refractivity contribution is -0.113. The predicted molar refractivity (Wildman–Crippen MR) is 119 cm³/mol. The van der Waals surface area contributed by atoms with Crippen molar-refractivity contribution in [3.05, 3.63) is 53.6 Å². The van der Waals surface area contributed by atoms with Crippen LogP contribution in [0.1, 0.15) is 43.7 Å². The van der Waals surface area contributed by atoms with Gasteiger partial charge in [0, 0.05) is 12.2 Å². The third-order valence-electron chi connectivity index (χ3n) is 4.98. The third kappa shape index (κ3) is 5.16. The van der Waals surface area contributed by atoms with Gasteiger partial charge in [0.1, 0.15) is 0 Å². The van der Waals surface area contributed by atoms with Crippen LogP contribution in [0.3, 0.4) is 0 Å². The Bertz CT molecular complexity index is 948. The number of aromatic nitrogens is 2. The van der Waals surface area contributed by atoms with Gasteiger partial charge in [0.2, 0.25) is 5.91 Å². The Morgan fingerprint density at radius 1 is 1.07 bits per heavy atom. The molecule has 148 valence electrons. The van der Waals surface area contributed by atoms with Crippen molar-refractivity contribution in [3.8, 4) is 0 Å². The van der Waals surface area contributed by atoms with E-state index >= 15 is 0 Å². The second-order valence-electron chi connectivity index (χ2n) is 7.23. The number of aryl methyl sites for hydroxylation is 3. The molecule has 1 heterocycles. The Balaban J connectivity index is 1.67. The number of nitrogens with one attached hydrogen (secondary N) is 1. The Morgan fingerprint density at radius 2 is 1.89 bits per heavy atom. The van der Waals surface area contributed by atoms with Gasteiger partial charge in [-0.3, -0.25) is 4.79 Å². The molecule has 2 aromatic carbocycles. The van der Waals surface area contributed by atoms with Gasteiger partial charge < -0.3 is 9.88 Å². The normalized spacial score (nSPS) is 11.1. The summed E-state index contributed by atoms with van der Waals surface area (Å²) in [6.45, 7) is 7.30. The molecule has 0 aliphatic heterocycles. The number of para-hydroxylation sites is 2. The average molecular weight is 396 g/mol. The molecule has 0 saturated heterocycles. The fraction of sp³-hybridized carbons (Fsp3) is 0.391. The van der Waals surface area contributed by atoms with Crippen molar-refractivity contribution < 1.29 is 4.79 Å². The monoisotopic (exact) mass is 395 g/mol. The molecule has 1 amide bonds. The van der Waals surface area contributed by atoms with Crippen LogP contribution in [0.25, 0.3) is 11.0 Å². The number of hydrogen-bond donors (Lipinski definition) is 1. The van der Waals surface area contributed by atoms with Gasteiger partial charge in [-0.15, -0.1) is 0 Å². The molecule has 0 spiro atoms. The van der Waals surface area contributed by atoms with Gasteiger partial charge in [-0.2, -0.15) is 0 Å². The fourth-order valence-corrected chi connectivity index (χ4v) is 4.06. The number of anilines is 1. The van der Waals surface area contributed by atoms with Crippen molar-refractivity contribution in [1.82, 2.24) is 9.55 Å². The Morgan fingerprint density at radius 3 is 2.68 bits per heavy atom. The van der Waals surface area contributed by atoms with Crippen LogP contribution in [0.5, 0.6) is 0 Å². The van der Waals surface area contributed by atoms with E-state index in [2.05, 4.69) is 36.7 Å². The minimum atomic E-state index is -0.00200. The Hall–Kier alpha value is -2.27. The zero-order valence-corrected chi connectivity index (χ0v) is 17.8. The number of rotatable bonds is 9. The first-order valence-corrected chi connectivity index (χ1v) is 11.0. The topological polar surface area (TPSA) is 46.9 Å². The SMILES string of the molecule is CCCCCCn1c(SCC(=O)Nc2ccc(C)c(C)c2)nc2ccccc21. The van der Waals surface area contributed by atoms with E-state index < -0.39 is 0 Å². The van der Waals surface area contributed by atoms with E-state index in [1.165, 1.54) is 42.2 Å². The number of carbonyl (C=O) groups is 1. The Kier molecular flexibility index (Phi) is 7.15. The smallest absolute Gasteiger partial charge is 0.234 e. The lowest BCUT2D eigenvalue weighted by Crippen LogP contribution is -2.14. The summed E-state index contributed by atoms with van der Waals surface area (Å²) in [5.41, 5.74) is 5.40. The molecule has 1 aromatic heterocycles. The molecule has 0 atom stereocenters. The van der Waals surface area contributed by atoms with E-state index in [1.807, 2.05) is 36.4 Å². The number of imidazole rings is 1. The molecule has 0 bridgehead atoms. The van der Waals surface area contributed by atoms with Gasteiger partial charge in [-0.05, 0) is 55.7 Å². The van der Waals surface area contributed by atoms with E-state index in [9.17, 15) is 4.79 Å². The van der Waals surface area contributed by atoms with Gasteiger partial charge in [0.05, 0.1) is 16.8 Å². The van der Waals surface area contributed by atoms with Gasteiger partial charge in [0.25, 0.3) is 0 Å². The van der Waals surface area contributed by atoms with Crippen LogP contribution in [-0.2, 0) is 11.3 Å². The molecular weight excluding hydrogens is 366 g/mol. The van der Waals surface area contributed by atoms with Crippen molar-refractivity contribution in [1.29, 1.82) is 0 Å². The van der Waals surface area contributed by atoms with Crippen LogP contribution in [0, 0.1) is 13.8 Å². The first-order valence-electron chi connectivity index (χ1n) is 10.0. The number of hydrogen-bond acceptors (Lipinski definition) is 3. The minimum absolute atomic E-state index is 0.00200. The second-order valence-corrected chi connectivity index (χ2v) is 8.17. The van der Waals surface area contributed by atoms with Crippen molar-refractivity contribution in [2.75, 3.05) is 11.1 Å². The highest BCUT2D eigenvalue weighted by atomic mass is 32.2. The molecule has 0 aliphatic carbocycles. The number of thioether (sulfide) groups is 1. The summed E-state index contributed by atoms with van der Waals surface area (Å²) in [7, 11) is 0. The lowest BCUT2D eigenvalue weighted by Gasteiger charge is -2.10. The van der Waals surface area contributed by atoms with Crippen LogP contribution < -0.4 is 5.32 Å². The van der Waals surface area contributed by atoms with Crippen LogP contribution in [0.4, 0.5) is 5.69 Å². The van der Waals surface area contributed by atoms with Crippen molar-refractivity contribution >= 4 is 34.4 Å². The summed E-state index contributed by atoms with van der Waals surface area (Å²) in [6, 6.07) is 14.2. The van der Waals surface area contributed by atoms with Crippen LogP contribution in [0.15, 0.2) is 47.6 Å². The molecule has 0 aliphatic rings. The highest BCUT2D eigenvalue weighted by Gasteiger charge is 2.13. The summed E-state index contributed by atoms with van der Waals surface area (Å²) < 4.78 is 2.26. The summed E-state index contributed by atoms with van der Waals surface area (Å²) in [6.07, 6.45) is 4.84. The van der Waals surface area contributed by atoms with Crippen molar-refractivity contribution in [2.45, 2.75) is 58.2 Å². The summed E-state index contributed by atoms with van der Waals surface area (Å²) in [5, 5.41) is 3.92. The fourth-order valence-electron chi connectivity index (χ4n) is 3.22. The quantitative estimate of drug-likeness (QED) is 0.359. The number of carbonyl (C=O) groups excluding carboxylic acids is 1. The number of nitrogens with zero attached hydrogens (tertiary/aromatic N) is 2. The molecule has 0 unspecified atom stereocenters. The molecular formula is C23H29N3OS. The maximum Gasteiger partial charge on any atom is 0.234 e. The maximum absolute atomic E-state index is 12.4. The molecule has 28 heavy (non-hydrogen) atoms. The molecule has 0 fully saturated rings. The van der Waals surface area contributed by atoms with E-state index in [0.717, 1.165) is 34.8 Å². The van der Waals surface area contributed by atoms with E-state index in [1.54, 1.807) is 0 Å². The molecule has 4 nitrogen and oxygen atoms in total. The predicted octanol–water partition coefficient (Wildman–Crippen LogP) is 5.96. The molecule has 5 heteroatoms. The number of amides is 1. The summed E-state index contributed by atoms with van der Waals surface area (Å²) in [4.78, 5) is 17.2. The van der Waals surface area contributed by atoms with Crippen LogP contribution >= 0.6 is 11.8 Å².